The van der Waals surface area contributed by atoms with E-state index in [0.29, 0.717) is 5.39 Å². The highest BCUT2D eigenvalue weighted by atomic mass is 16.6. The number of amides is 1. The number of benzene rings is 2. The number of H-pyrrole nitrogens is 1. The molecule has 2 aromatic carbocycles. The van der Waals surface area contributed by atoms with Crippen molar-refractivity contribution in [1.82, 2.24) is 15.5 Å². The lowest BCUT2D eigenvalue weighted by atomic mass is 9.83. The van der Waals surface area contributed by atoms with E-state index in [-0.39, 0.29) is 29.0 Å². The van der Waals surface area contributed by atoms with E-state index in [0.717, 1.165) is 36.8 Å². The summed E-state index contributed by atoms with van der Waals surface area (Å²) in [6.07, 6.45) is 2.58. The van der Waals surface area contributed by atoms with Gasteiger partial charge in [-0.05, 0) is 43.9 Å². The first kappa shape index (κ1) is 19.6. The number of fused-ring (bicyclic) bond motifs is 1. The molecule has 1 aliphatic carbocycles. The standard InChI is InChI=1S/C21H20N4O5/c26-20-18-4-2-1-3-17(18)19(23-24-20)13-5-7-14(8-6-13)22-21(27)30-16-11-9-15(10-12-16)25(28)29/h1-4,9-14H,5-8H2,(H,22,27)(H,24,26). The molecule has 9 heteroatoms. The topological polar surface area (TPSA) is 127 Å². The van der Waals surface area contributed by atoms with Crippen molar-refractivity contribution in [3.63, 3.8) is 0 Å². The van der Waals surface area contributed by atoms with Gasteiger partial charge in [-0.3, -0.25) is 14.9 Å². The van der Waals surface area contributed by atoms with Crippen molar-refractivity contribution in [3.8, 4) is 5.75 Å². The summed E-state index contributed by atoms with van der Waals surface area (Å²) in [5.41, 5.74) is 0.625. The van der Waals surface area contributed by atoms with Crippen LogP contribution in [-0.2, 0) is 0 Å². The molecule has 0 unspecified atom stereocenters. The number of rotatable bonds is 4. The van der Waals surface area contributed by atoms with E-state index in [4.69, 9.17) is 4.74 Å². The molecule has 0 atom stereocenters. The van der Waals surface area contributed by atoms with Gasteiger partial charge in [0.25, 0.3) is 11.2 Å². The lowest BCUT2D eigenvalue weighted by molar-refractivity contribution is -0.384. The van der Waals surface area contributed by atoms with Crippen molar-refractivity contribution in [2.24, 2.45) is 0 Å². The average Bonchev–Trinajstić information content (AvgIpc) is 2.75. The maximum absolute atomic E-state index is 12.1. The molecule has 2 N–H and O–H groups in total. The van der Waals surface area contributed by atoms with Crippen molar-refractivity contribution >= 4 is 22.6 Å². The molecule has 30 heavy (non-hydrogen) atoms. The summed E-state index contributed by atoms with van der Waals surface area (Å²) in [7, 11) is 0. The van der Waals surface area contributed by atoms with E-state index in [2.05, 4.69) is 15.5 Å². The van der Waals surface area contributed by atoms with Gasteiger partial charge in [0.05, 0.1) is 16.0 Å². The molecule has 0 saturated heterocycles. The molecule has 1 aromatic heterocycles. The Hall–Kier alpha value is -3.75. The number of hydrogen-bond donors (Lipinski definition) is 2. The zero-order valence-electron chi connectivity index (χ0n) is 16.0. The molecule has 1 saturated carbocycles. The number of nitro groups is 1. The summed E-state index contributed by atoms with van der Waals surface area (Å²) in [5, 5.41) is 21.9. The highest BCUT2D eigenvalue weighted by Gasteiger charge is 2.26. The number of carbonyl (C=O) groups excluding carboxylic acids is 1. The molecule has 0 spiro atoms. The molecule has 0 radical (unpaired) electrons. The van der Waals surface area contributed by atoms with E-state index in [1.807, 2.05) is 18.2 Å². The predicted molar refractivity (Wildman–Crippen MR) is 110 cm³/mol. The zero-order chi connectivity index (χ0) is 21.1. The van der Waals surface area contributed by atoms with Crippen LogP contribution in [0, 0.1) is 10.1 Å². The Kier molecular flexibility index (Phi) is 5.42. The summed E-state index contributed by atoms with van der Waals surface area (Å²) < 4.78 is 5.21. The SMILES string of the molecule is O=C(NC1CCC(c2n[nH]c(=O)c3ccccc23)CC1)Oc1ccc([N+](=O)[O-])cc1. The van der Waals surface area contributed by atoms with Gasteiger partial charge in [0.2, 0.25) is 0 Å². The van der Waals surface area contributed by atoms with Gasteiger partial charge >= 0.3 is 6.09 Å². The summed E-state index contributed by atoms with van der Waals surface area (Å²) in [4.78, 5) is 34.3. The lowest BCUT2D eigenvalue weighted by Crippen LogP contribution is -2.39. The molecule has 1 aliphatic rings. The van der Waals surface area contributed by atoms with Crippen LogP contribution >= 0.6 is 0 Å². The van der Waals surface area contributed by atoms with Crippen LogP contribution in [0.2, 0.25) is 0 Å². The fourth-order valence-corrected chi connectivity index (χ4v) is 3.90. The molecule has 154 valence electrons. The van der Waals surface area contributed by atoms with E-state index in [1.54, 1.807) is 6.07 Å². The van der Waals surface area contributed by atoms with Gasteiger partial charge in [0, 0.05) is 29.5 Å². The van der Waals surface area contributed by atoms with Gasteiger partial charge in [-0.15, -0.1) is 0 Å². The van der Waals surface area contributed by atoms with Gasteiger partial charge in [-0.1, -0.05) is 18.2 Å². The van der Waals surface area contributed by atoms with Crippen LogP contribution in [-0.4, -0.2) is 27.3 Å². The molecular formula is C21H20N4O5. The second-order valence-corrected chi connectivity index (χ2v) is 7.32. The van der Waals surface area contributed by atoms with Crippen LogP contribution in [0.3, 0.4) is 0 Å². The minimum atomic E-state index is -0.583. The quantitative estimate of drug-likeness (QED) is 0.501. The van der Waals surface area contributed by atoms with Gasteiger partial charge in [-0.25, -0.2) is 9.89 Å². The Labute approximate surface area is 171 Å². The third kappa shape index (κ3) is 4.14. The van der Waals surface area contributed by atoms with Gasteiger partial charge in [0.1, 0.15) is 5.75 Å². The van der Waals surface area contributed by atoms with E-state index in [9.17, 15) is 19.7 Å². The maximum atomic E-state index is 12.1. The zero-order valence-corrected chi connectivity index (χ0v) is 16.0. The van der Waals surface area contributed by atoms with Crippen molar-refractivity contribution in [3.05, 3.63) is 74.7 Å². The second kappa shape index (κ2) is 8.32. The first-order valence-corrected chi connectivity index (χ1v) is 9.71. The molecule has 9 nitrogen and oxygen atoms in total. The largest absolute Gasteiger partial charge is 0.412 e. The van der Waals surface area contributed by atoms with Crippen molar-refractivity contribution in [2.45, 2.75) is 37.6 Å². The Morgan fingerprint density at radius 1 is 1.07 bits per heavy atom. The molecule has 0 bridgehead atoms. The van der Waals surface area contributed by atoms with Crippen LogP contribution in [0.1, 0.15) is 37.3 Å². The van der Waals surface area contributed by atoms with Crippen LogP contribution < -0.4 is 15.6 Å². The van der Waals surface area contributed by atoms with Crippen molar-refractivity contribution < 1.29 is 14.5 Å². The number of carbonyl (C=O) groups is 1. The number of non-ortho nitro benzene ring substituents is 1. The predicted octanol–water partition coefficient (Wildman–Crippen LogP) is 3.65. The Balaban J connectivity index is 1.35. The molecule has 1 fully saturated rings. The number of nitrogens with one attached hydrogen (secondary N) is 2. The van der Waals surface area contributed by atoms with Crippen molar-refractivity contribution in [1.29, 1.82) is 0 Å². The second-order valence-electron chi connectivity index (χ2n) is 7.32. The van der Waals surface area contributed by atoms with Gasteiger partial charge in [-0.2, -0.15) is 5.10 Å². The summed E-state index contributed by atoms with van der Waals surface area (Å²) in [5.74, 6) is 0.450. The van der Waals surface area contributed by atoms with Gasteiger partial charge in [0.15, 0.2) is 0 Å². The highest BCUT2D eigenvalue weighted by Crippen LogP contribution is 2.34. The minimum Gasteiger partial charge on any atom is -0.410 e. The number of aromatic nitrogens is 2. The molecule has 1 heterocycles. The summed E-state index contributed by atoms with van der Waals surface area (Å²) in [6.45, 7) is 0. The van der Waals surface area contributed by atoms with E-state index >= 15 is 0 Å². The summed E-state index contributed by atoms with van der Waals surface area (Å²) >= 11 is 0. The third-order valence-corrected chi connectivity index (χ3v) is 5.42. The number of aromatic amines is 1. The van der Waals surface area contributed by atoms with Crippen LogP contribution in [0.25, 0.3) is 10.8 Å². The number of hydrogen-bond acceptors (Lipinski definition) is 6. The van der Waals surface area contributed by atoms with Gasteiger partial charge < -0.3 is 10.1 Å². The maximum Gasteiger partial charge on any atom is 0.412 e. The fourth-order valence-electron chi connectivity index (χ4n) is 3.90. The molecular weight excluding hydrogens is 388 g/mol. The third-order valence-electron chi connectivity index (χ3n) is 5.42. The molecule has 0 aliphatic heterocycles. The van der Waals surface area contributed by atoms with Crippen LogP contribution in [0.15, 0.2) is 53.3 Å². The average molecular weight is 408 g/mol. The Bertz CT molecular complexity index is 1130. The first-order chi connectivity index (χ1) is 14.5. The smallest absolute Gasteiger partial charge is 0.410 e. The summed E-state index contributed by atoms with van der Waals surface area (Å²) in [6, 6.07) is 12.8. The normalized spacial score (nSPS) is 18.7. The minimum absolute atomic E-state index is 0.0270. The Morgan fingerprint density at radius 3 is 2.40 bits per heavy atom. The first-order valence-electron chi connectivity index (χ1n) is 9.71. The molecule has 1 amide bonds. The fraction of sp³-hybridized carbons (Fsp3) is 0.286. The van der Waals surface area contributed by atoms with E-state index < -0.39 is 11.0 Å². The number of nitrogens with zero attached hydrogens (tertiary/aromatic N) is 2. The molecule has 4 rings (SSSR count). The number of nitro benzene ring substituents is 1. The Morgan fingerprint density at radius 2 is 1.73 bits per heavy atom. The van der Waals surface area contributed by atoms with Crippen molar-refractivity contribution in [2.75, 3.05) is 0 Å². The number of ether oxygens (including phenoxy) is 1. The highest BCUT2D eigenvalue weighted by molar-refractivity contribution is 5.83. The monoisotopic (exact) mass is 408 g/mol. The van der Waals surface area contributed by atoms with Crippen LogP contribution in [0.5, 0.6) is 5.75 Å². The van der Waals surface area contributed by atoms with Crippen LogP contribution in [0.4, 0.5) is 10.5 Å². The lowest BCUT2D eigenvalue weighted by Gasteiger charge is -2.28. The van der Waals surface area contributed by atoms with E-state index in [1.165, 1.54) is 24.3 Å². The molecule has 3 aromatic rings.